The van der Waals surface area contributed by atoms with Crippen LogP contribution in [0.5, 0.6) is 0 Å². The maximum absolute atomic E-state index is 13.1. The Morgan fingerprint density at radius 3 is 2.82 bits per heavy atom. The largest absolute Gasteiger partial charge is 0.342 e. The maximum Gasteiger partial charge on any atom is 0.129 e. The molecule has 2 aromatic heterocycles. The summed E-state index contributed by atoms with van der Waals surface area (Å²) in [5, 5.41) is 0.403. The first kappa shape index (κ1) is 12.1. The molecule has 0 fully saturated rings. The first-order valence-corrected chi connectivity index (χ1v) is 7.14. The number of fused-ring (bicyclic) bond motifs is 2. The molecule has 0 radical (unpaired) electrons. The molecule has 0 atom stereocenters. The van der Waals surface area contributed by atoms with Gasteiger partial charge in [-0.1, -0.05) is 23.7 Å². The zero-order chi connectivity index (χ0) is 16.0. The molecule has 3 aromatic rings. The zero-order valence-electron chi connectivity index (χ0n) is 12.4. The molecule has 0 saturated heterocycles. The maximum atomic E-state index is 13.1. The van der Waals surface area contributed by atoms with Gasteiger partial charge in [-0.3, -0.25) is 4.99 Å². The van der Waals surface area contributed by atoms with E-state index in [4.69, 9.17) is 13.0 Å². The molecule has 3 nitrogen and oxygen atoms in total. The smallest absolute Gasteiger partial charge is 0.129 e. The van der Waals surface area contributed by atoms with Gasteiger partial charge in [0, 0.05) is 23.9 Å². The summed E-state index contributed by atoms with van der Waals surface area (Å²) in [6.07, 6.45) is 3.69. The molecule has 0 N–H and O–H groups in total. The summed E-state index contributed by atoms with van der Waals surface area (Å²) in [4.78, 5) is 8.34. The molecule has 0 amide bonds. The van der Waals surface area contributed by atoms with Gasteiger partial charge in [0.15, 0.2) is 0 Å². The lowest BCUT2D eigenvalue weighted by Gasteiger charge is -2.05. The van der Waals surface area contributed by atoms with Gasteiger partial charge in [0.2, 0.25) is 0 Å². The predicted molar refractivity (Wildman–Crippen MR) is 85.4 cm³/mol. The molecule has 108 valence electrons. The normalized spacial score (nSPS) is 13.7. The number of pyridine rings is 1. The highest BCUT2D eigenvalue weighted by Crippen LogP contribution is 2.28. The number of nitrogens with zero attached hydrogens (tertiary/aromatic N) is 3. The van der Waals surface area contributed by atoms with Gasteiger partial charge in [-0.15, -0.1) is 0 Å². The highest BCUT2D eigenvalue weighted by molar-refractivity contribution is 6.29. The third-order valence-corrected chi connectivity index (χ3v) is 3.84. The Bertz CT molecular complexity index is 932. The topological polar surface area (TPSA) is 30.2 Å². The first-order valence-electron chi connectivity index (χ1n) is 7.26. The van der Waals surface area contributed by atoms with Gasteiger partial charge < -0.3 is 4.57 Å². The van der Waals surface area contributed by atoms with Crippen LogP contribution in [0, 0.1) is 5.82 Å². The van der Waals surface area contributed by atoms with Crippen molar-refractivity contribution in [3.8, 4) is 11.1 Å². The minimum atomic E-state index is -0.270. The lowest BCUT2D eigenvalue weighted by molar-refractivity contribution is 0.628. The lowest BCUT2D eigenvalue weighted by atomic mass is 10.1. The van der Waals surface area contributed by atoms with Gasteiger partial charge in [0.05, 0.1) is 25.1 Å². The Hall–Kier alpha value is -2.46. The van der Waals surface area contributed by atoms with Gasteiger partial charge >= 0.3 is 0 Å². The highest BCUT2D eigenvalue weighted by Gasteiger charge is 2.13. The van der Waals surface area contributed by atoms with Crippen LogP contribution in [0.25, 0.3) is 11.1 Å². The van der Waals surface area contributed by atoms with Crippen LogP contribution in [-0.4, -0.2) is 15.7 Å². The molecule has 1 aromatic carbocycles. The SMILES string of the molecule is [2H]C1=Nc2cnc(Cl)cc2Cn2cc(-c3ccc(F)cc3)cc21. The number of aliphatic imine (C=N–C) groups is 1. The standard InChI is InChI=1S/C17H11ClFN3/c18-17-6-13-10-22-9-12(11-1-3-14(19)4-2-11)5-15(22)7-20-16(13)8-21-17/h1-9H,10H2/i7D. The van der Waals surface area contributed by atoms with E-state index in [1.807, 2.05) is 16.8 Å². The van der Waals surface area contributed by atoms with Gasteiger partial charge in [-0.2, -0.15) is 0 Å². The van der Waals surface area contributed by atoms with Crippen LogP contribution in [0.4, 0.5) is 10.1 Å². The van der Waals surface area contributed by atoms with Crippen LogP contribution in [-0.2, 0) is 6.54 Å². The molecule has 0 bridgehead atoms. The van der Waals surface area contributed by atoms with E-state index in [1.54, 1.807) is 24.4 Å². The number of hydrogen-bond donors (Lipinski definition) is 0. The second-order valence-electron chi connectivity index (χ2n) is 5.11. The Morgan fingerprint density at radius 1 is 1.18 bits per heavy atom. The average Bonchev–Trinajstić information content (AvgIpc) is 2.89. The Labute approximate surface area is 133 Å². The fourth-order valence-electron chi connectivity index (χ4n) is 2.52. The fraction of sp³-hybridized carbons (Fsp3) is 0.0588. The minimum Gasteiger partial charge on any atom is -0.342 e. The van der Waals surface area contributed by atoms with E-state index < -0.39 is 0 Å². The van der Waals surface area contributed by atoms with Gasteiger partial charge in [0.1, 0.15) is 11.0 Å². The molecule has 5 heteroatoms. The van der Waals surface area contributed by atoms with E-state index in [0.29, 0.717) is 23.1 Å². The van der Waals surface area contributed by atoms with Gasteiger partial charge in [-0.25, -0.2) is 9.37 Å². The summed E-state index contributed by atoms with van der Waals surface area (Å²) in [7, 11) is 0. The first-order chi connectivity index (χ1) is 11.1. The van der Waals surface area contributed by atoms with Crippen molar-refractivity contribution in [1.82, 2.24) is 9.55 Å². The average molecular weight is 313 g/mol. The van der Waals surface area contributed by atoms with Gasteiger partial charge in [-0.05, 0) is 29.8 Å². The summed E-state index contributed by atoms with van der Waals surface area (Å²) in [5.41, 5.74) is 4.09. The van der Waals surface area contributed by atoms with E-state index in [9.17, 15) is 4.39 Å². The molecule has 3 heterocycles. The van der Waals surface area contributed by atoms with Crippen LogP contribution >= 0.6 is 11.6 Å². The molecular formula is C17H11ClFN3. The molecular weight excluding hydrogens is 301 g/mol. The van der Waals surface area contributed by atoms with Crippen LogP contribution in [0.2, 0.25) is 5.15 Å². The van der Waals surface area contributed by atoms with Crippen molar-refractivity contribution < 1.29 is 5.76 Å². The van der Waals surface area contributed by atoms with Crippen molar-refractivity contribution in [3.05, 3.63) is 71.0 Å². The van der Waals surface area contributed by atoms with Crippen molar-refractivity contribution in [1.29, 1.82) is 0 Å². The molecule has 4 rings (SSSR count). The van der Waals surface area contributed by atoms with Crippen LogP contribution in [0.15, 0.2) is 53.8 Å². The number of hydrogen-bond acceptors (Lipinski definition) is 2. The van der Waals surface area contributed by atoms with E-state index in [0.717, 1.165) is 16.7 Å². The van der Waals surface area contributed by atoms with Crippen molar-refractivity contribution in [2.24, 2.45) is 4.99 Å². The Morgan fingerprint density at radius 2 is 2.00 bits per heavy atom. The van der Waals surface area contributed by atoms with Crippen molar-refractivity contribution >= 4 is 23.5 Å². The molecule has 0 aliphatic carbocycles. The zero-order valence-corrected chi connectivity index (χ0v) is 12.2. The fourth-order valence-corrected chi connectivity index (χ4v) is 2.70. The minimum absolute atomic E-state index is 0.168. The molecule has 22 heavy (non-hydrogen) atoms. The number of benzene rings is 1. The highest BCUT2D eigenvalue weighted by atomic mass is 35.5. The second kappa shape index (κ2) is 5.07. The third kappa shape index (κ3) is 2.31. The summed E-state index contributed by atoms with van der Waals surface area (Å²) in [6, 6.07) is 9.95. The number of aromatic nitrogens is 2. The third-order valence-electron chi connectivity index (χ3n) is 3.64. The molecule has 1 aliphatic heterocycles. The van der Waals surface area contributed by atoms with Crippen molar-refractivity contribution in [2.75, 3.05) is 0 Å². The van der Waals surface area contributed by atoms with Crippen LogP contribution in [0.3, 0.4) is 0 Å². The Balaban J connectivity index is 1.82. The second-order valence-corrected chi connectivity index (χ2v) is 5.50. The quantitative estimate of drug-likeness (QED) is 0.610. The molecule has 1 aliphatic rings. The summed E-state index contributed by atoms with van der Waals surface area (Å²) in [5.74, 6) is -0.270. The number of halogens is 2. The monoisotopic (exact) mass is 312 g/mol. The van der Waals surface area contributed by atoms with Crippen LogP contribution < -0.4 is 0 Å². The summed E-state index contributed by atoms with van der Waals surface area (Å²) >= 11 is 5.96. The lowest BCUT2D eigenvalue weighted by Crippen LogP contribution is -2.00. The van der Waals surface area contributed by atoms with Crippen LogP contribution in [0.1, 0.15) is 12.6 Å². The van der Waals surface area contributed by atoms with Crippen molar-refractivity contribution in [3.63, 3.8) is 0 Å². The Kier molecular flexibility index (Phi) is 2.79. The molecule has 0 saturated carbocycles. The summed E-state index contributed by atoms with van der Waals surface area (Å²) < 4.78 is 23.2. The van der Waals surface area contributed by atoms with E-state index in [2.05, 4.69) is 9.98 Å². The van der Waals surface area contributed by atoms with E-state index in [1.165, 1.54) is 12.1 Å². The predicted octanol–water partition coefficient (Wildman–Crippen LogP) is 4.45. The molecule has 0 unspecified atom stereocenters. The van der Waals surface area contributed by atoms with E-state index in [-0.39, 0.29) is 12.0 Å². The summed E-state index contributed by atoms with van der Waals surface area (Å²) in [6.45, 7) is 0.556. The van der Waals surface area contributed by atoms with E-state index >= 15 is 0 Å². The van der Waals surface area contributed by atoms with Gasteiger partial charge in [0.25, 0.3) is 0 Å². The number of rotatable bonds is 1. The van der Waals surface area contributed by atoms with Crippen molar-refractivity contribution in [2.45, 2.75) is 6.54 Å². The molecule has 0 spiro atoms.